The predicted octanol–water partition coefficient (Wildman–Crippen LogP) is -1.37. The van der Waals surface area contributed by atoms with Crippen molar-refractivity contribution in [3.8, 4) is 0 Å². The Balaban J connectivity index is 1.45. The molecule has 3 fully saturated rings. The van der Waals surface area contributed by atoms with E-state index in [0.717, 1.165) is 5.57 Å². The van der Waals surface area contributed by atoms with Crippen molar-refractivity contribution in [2.45, 2.75) is 81.5 Å². The third kappa shape index (κ3) is 5.35. The molecule has 0 unspecified atom stereocenters. The minimum atomic E-state index is -1.63. The van der Waals surface area contributed by atoms with Gasteiger partial charge < -0.3 is 54.3 Å². The number of aliphatic hydroxyl groups excluding tert-OH is 6. The SMILES string of the molecule is C/C(=C\CO)CC/C=C(\C)C(=O)O[C@H]1[C@@H]2C=CO[C@@H](O[C@H]3O[C@H](CO)[C@@H](O)[C@H](O)[C@H]3O)[C@@H]2[C@@]2(CO)O[C@@H]12. The van der Waals surface area contributed by atoms with Crippen LogP contribution >= 0.6 is 0 Å². The molecule has 12 nitrogen and oxygen atoms in total. The zero-order chi connectivity index (χ0) is 26.9. The van der Waals surface area contributed by atoms with Crippen LogP contribution in [0.25, 0.3) is 0 Å². The first-order valence-electron chi connectivity index (χ1n) is 12.4. The Bertz CT molecular complexity index is 915. The molecule has 37 heavy (non-hydrogen) atoms. The lowest BCUT2D eigenvalue weighted by atomic mass is 9.85. The molecular formula is C25H36O12. The first kappa shape index (κ1) is 28.1. The van der Waals surface area contributed by atoms with E-state index in [2.05, 4.69) is 0 Å². The summed E-state index contributed by atoms with van der Waals surface area (Å²) in [6.07, 6.45) is -2.04. The van der Waals surface area contributed by atoms with Gasteiger partial charge in [0.15, 0.2) is 6.29 Å². The minimum Gasteiger partial charge on any atom is -0.472 e. The highest BCUT2D eigenvalue weighted by molar-refractivity contribution is 5.88. The Morgan fingerprint density at radius 2 is 1.81 bits per heavy atom. The highest BCUT2D eigenvalue weighted by Gasteiger charge is 2.77. The molecule has 0 aromatic rings. The van der Waals surface area contributed by atoms with Gasteiger partial charge >= 0.3 is 5.97 Å². The fourth-order valence-corrected chi connectivity index (χ4v) is 5.36. The summed E-state index contributed by atoms with van der Waals surface area (Å²) in [5, 5.41) is 59.1. The second kappa shape index (κ2) is 11.5. The first-order chi connectivity index (χ1) is 17.7. The number of carbonyl (C=O) groups excluding carboxylic acids is 1. The molecule has 0 bridgehead atoms. The molecule has 208 valence electrons. The molecule has 0 spiro atoms. The molecule has 3 heterocycles. The summed E-state index contributed by atoms with van der Waals surface area (Å²) in [6, 6.07) is 0. The molecule has 0 aromatic carbocycles. The Morgan fingerprint density at radius 1 is 1.05 bits per heavy atom. The topological polar surface area (TPSA) is 188 Å². The van der Waals surface area contributed by atoms with Gasteiger partial charge in [0.25, 0.3) is 0 Å². The lowest BCUT2D eigenvalue weighted by Gasteiger charge is -2.43. The number of epoxide rings is 1. The average molecular weight is 529 g/mol. The summed E-state index contributed by atoms with van der Waals surface area (Å²) in [6.45, 7) is 2.50. The van der Waals surface area contributed by atoms with E-state index in [-0.39, 0.29) is 6.61 Å². The van der Waals surface area contributed by atoms with Gasteiger partial charge in [-0.25, -0.2) is 4.79 Å². The molecule has 0 radical (unpaired) electrons. The Hall–Kier alpha value is -1.87. The maximum absolute atomic E-state index is 12.8. The zero-order valence-electron chi connectivity index (χ0n) is 20.8. The van der Waals surface area contributed by atoms with Gasteiger partial charge in [-0.1, -0.05) is 17.7 Å². The molecule has 4 aliphatic rings. The summed E-state index contributed by atoms with van der Waals surface area (Å²) < 4.78 is 28.5. The predicted molar refractivity (Wildman–Crippen MR) is 124 cm³/mol. The Kier molecular flexibility index (Phi) is 8.73. The normalized spacial score (nSPS) is 43.1. The van der Waals surface area contributed by atoms with Gasteiger partial charge in [-0.05, 0) is 32.8 Å². The number of carbonyl (C=O) groups is 1. The van der Waals surface area contributed by atoms with Crippen LogP contribution in [0.3, 0.4) is 0 Å². The number of aliphatic hydroxyl groups is 6. The summed E-state index contributed by atoms with van der Waals surface area (Å²) >= 11 is 0. The summed E-state index contributed by atoms with van der Waals surface area (Å²) in [5.41, 5.74) is 0.319. The van der Waals surface area contributed by atoms with Crippen molar-refractivity contribution in [3.63, 3.8) is 0 Å². The van der Waals surface area contributed by atoms with Gasteiger partial charge in [0, 0.05) is 11.5 Å². The van der Waals surface area contributed by atoms with Crippen LogP contribution < -0.4 is 0 Å². The molecule has 0 aromatic heterocycles. The number of ether oxygens (including phenoxy) is 5. The maximum atomic E-state index is 12.8. The molecular weight excluding hydrogens is 492 g/mol. The number of allylic oxidation sites excluding steroid dienone is 2. The highest BCUT2D eigenvalue weighted by Crippen LogP contribution is 2.60. The molecule has 12 heteroatoms. The van der Waals surface area contributed by atoms with Crippen molar-refractivity contribution >= 4 is 5.97 Å². The number of hydrogen-bond donors (Lipinski definition) is 6. The van der Waals surface area contributed by atoms with Crippen LogP contribution in [0.4, 0.5) is 0 Å². The summed E-state index contributed by atoms with van der Waals surface area (Å²) in [5.74, 6) is -1.61. The lowest BCUT2D eigenvalue weighted by Crippen LogP contribution is -2.60. The molecule has 2 saturated heterocycles. The molecule has 11 atom stereocenters. The molecule has 0 amide bonds. The van der Waals surface area contributed by atoms with Gasteiger partial charge in [0.05, 0.1) is 32.0 Å². The van der Waals surface area contributed by atoms with Crippen molar-refractivity contribution in [3.05, 3.63) is 35.6 Å². The number of fused-ring (bicyclic) bond motifs is 3. The first-order valence-corrected chi connectivity index (χ1v) is 12.4. The van der Waals surface area contributed by atoms with E-state index in [0.29, 0.717) is 18.4 Å². The van der Waals surface area contributed by atoms with E-state index >= 15 is 0 Å². The molecule has 4 rings (SSSR count). The van der Waals surface area contributed by atoms with Crippen LogP contribution in [0.5, 0.6) is 0 Å². The maximum Gasteiger partial charge on any atom is 0.333 e. The van der Waals surface area contributed by atoms with Crippen LogP contribution in [-0.4, -0.2) is 111 Å². The van der Waals surface area contributed by atoms with Crippen LogP contribution in [0.2, 0.25) is 0 Å². The van der Waals surface area contributed by atoms with Crippen molar-refractivity contribution < 1.29 is 59.1 Å². The number of rotatable bonds is 10. The Morgan fingerprint density at radius 3 is 2.49 bits per heavy atom. The van der Waals surface area contributed by atoms with Crippen molar-refractivity contribution in [1.29, 1.82) is 0 Å². The highest BCUT2D eigenvalue weighted by atomic mass is 16.8. The van der Waals surface area contributed by atoms with Crippen LogP contribution in [0, 0.1) is 11.8 Å². The Labute approximate surface area is 214 Å². The molecule has 1 saturated carbocycles. The van der Waals surface area contributed by atoms with Crippen LogP contribution in [0.15, 0.2) is 35.6 Å². The largest absolute Gasteiger partial charge is 0.472 e. The van der Waals surface area contributed by atoms with Crippen molar-refractivity contribution in [2.24, 2.45) is 11.8 Å². The third-order valence-electron chi connectivity index (χ3n) is 7.59. The molecule has 1 aliphatic carbocycles. The van der Waals surface area contributed by atoms with Crippen LogP contribution in [0.1, 0.15) is 26.7 Å². The quantitative estimate of drug-likeness (QED) is 0.0846. The van der Waals surface area contributed by atoms with Crippen LogP contribution in [-0.2, 0) is 28.5 Å². The van der Waals surface area contributed by atoms with Crippen molar-refractivity contribution in [2.75, 3.05) is 19.8 Å². The lowest BCUT2D eigenvalue weighted by molar-refractivity contribution is -0.344. The van der Waals surface area contributed by atoms with E-state index < -0.39 is 85.8 Å². The summed E-state index contributed by atoms with van der Waals surface area (Å²) in [7, 11) is 0. The number of esters is 1. The van der Waals surface area contributed by atoms with E-state index in [9.17, 15) is 30.3 Å². The average Bonchev–Trinajstić information content (AvgIpc) is 3.56. The van der Waals surface area contributed by atoms with E-state index in [1.54, 1.807) is 25.2 Å². The van der Waals surface area contributed by atoms with Crippen molar-refractivity contribution in [1.82, 2.24) is 0 Å². The molecule has 3 aliphatic heterocycles. The van der Waals surface area contributed by atoms with Gasteiger partial charge in [-0.15, -0.1) is 0 Å². The van der Waals surface area contributed by atoms with Gasteiger partial charge in [-0.2, -0.15) is 0 Å². The fourth-order valence-electron chi connectivity index (χ4n) is 5.36. The standard InChI is InChI=1S/C25H36O12/c1-12(6-8-26)4-3-5-13(2)22(32)35-20-14-7-9-33-23(16(14)25(11-28)21(20)37-25)36-24-19(31)18(30)17(29)15(10-27)34-24/h5-7,9,14-21,23-24,26-31H,3-4,8,10-11H2,1-2H3/b12-6+,13-5+/t14-,15-,16-,17-,18+,19-,20+,21+,23+,24-,25-/m1/s1. The fraction of sp³-hybridized carbons (Fsp3) is 0.720. The number of hydrogen-bond acceptors (Lipinski definition) is 12. The van der Waals surface area contributed by atoms with Gasteiger partial charge in [0.2, 0.25) is 6.29 Å². The van der Waals surface area contributed by atoms with Gasteiger partial charge in [-0.3, -0.25) is 0 Å². The van der Waals surface area contributed by atoms with E-state index in [4.69, 9.17) is 28.8 Å². The minimum absolute atomic E-state index is 0.0346. The smallest absolute Gasteiger partial charge is 0.333 e. The monoisotopic (exact) mass is 528 g/mol. The molecule has 6 N–H and O–H groups in total. The van der Waals surface area contributed by atoms with E-state index in [1.165, 1.54) is 6.26 Å². The van der Waals surface area contributed by atoms with E-state index in [1.807, 2.05) is 6.92 Å². The summed E-state index contributed by atoms with van der Waals surface area (Å²) in [4.78, 5) is 12.8. The third-order valence-corrected chi connectivity index (χ3v) is 7.59. The zero-order valence-corrected chi connectivity index (χ0v) is 20.8. The second-order valence-electron chi connectivity index (χ2n) is 9.95. The second-order valence-corrected chi connectivity index (χ2v) is 9.95. The van der Waals surface area contributed by atoms with Gasteiger partial charge in [0.1, 0.15) is 42.2 Å².